The molecule has 0 spiro atoms. The molecule has 2 rings (SSSR count). The Labute approximate surface area is 109 Å². The zero-order valence-electron chi connectivity index (χ0n) is 11.0. The molecule has 0 heterocycles. The highest BCUT2D eigenvalue weighted by atomic mass is 14.9. The molecule has 0 saturated heterocycles. The summed E-state index contributed by atoms with van der Waals surface area (Å²) < 4.78 is 0. The van der Waals surface area contributed by atoms with Gasteiger partial charge in [0.05, 0.1) is 0 Å². The summed E-state index contributed by atoms with van der Waals surface area (Å²) >= 11 is 0. The topological polar surface area (TPSA) is 24.1 Å². The summed E-state index contributed by atoms with van der Waals surface area (Å²) in [7, 11) is 0. The Balaban J connectivity index is 2.22. The first-order valence-electron chi connectivity index (χ1n) is 6.43. The molecule has 93 valence electrons. The van der Waals surface area contributed by atoms with Gasteiger partial charge in [-0.05, 0) is 55.3 Å². The lowest BCUT2D eigenvalue weighted by Gasteiger charge is -2.08. The van der Waals surface area contributed by atoms with E-state index in [1.807, 2.05) is 12.1 Å². The second-order valence-electron chi connectivity index (χ2n) is 4.13. The van der Waals surface area contributed by atoms with Crippen molar-refractivity contribution in [3.63, 3.8) is 0 Å². The van der Waals surface area contributed by atoms with E-state index in [0.717, 1.165) is 30.0 Å². The second kappa shape index (κ2) is 6.10. The number of anilines is 2. The largest absolute Gasteiger partial charge is 0.385 e. The van der Waals surface area contributed by atoms with Crippen LogP contribution in [0.1, 0.15) is 13.8 Å². The van der Waals surface area contributed by atoms with Crippen LogP contribution in [0.3, 0.4) is 0 Å². The molecule has 0 aliphatic rings. The molecule has 0 aliphatic carbocycles. The molecule has 2 N–H and O–H groups in total. The predicted molar refractivity (Wildman–Crippen MR) is 79.0 cm³/mol. The van der Waals surface area contributed by atoms with E-state index in [-0.39, 0.29) is 0 Å². The highest BCUT2D eigenvalue weighted by molar-refractivity contribution is 5.69. The number of hydrogen-bond donors (Lipinski definition) is 2. The van der Waals surface area contributed by atoms with E-state index >= 15 is 0 Å². The maximum absolute atomic E-state index is 3.32. The Bertz CT molecular complexity index is 489. The average molecular weight is 239 g/mol. The molecule has 0 bridgehead atoms. The van der Waals surface area contributed by atoms with Crippen LogP contribution in [0.5, 0.6) is 0 Å². The first-order valence-corrected chi connectivity index (χ1v) is 6.43. The number of rotatable bonds is 5. The van der Waals surface area contributed by atoms with E-state index in [1.54, 1.807) is 0 Å². The molecule has 0 saturated carbocycles. The Hall–Kier alpha value is -1.96. The van der Waals surface area contributed by atoms with Crippen molar-refractivity contribution in [3.05, 3.63) is 48.5 Å². The summed E-state index contributed by atoms with van der Waals surface area (Å²) in [5.74, 6) is 0. The molecule has 0 fully saturated rings. The fourth-order valence-electron chi connectivity index (χ4n) is 1.92. The molecule has 18 heavy (non-hydrogen) atoms. The molecule has 0 unspecified atom stereocenters. The van der Waals surface area contributed by atoms with E-state index in [0.29, 0.717) is 0 Å². The summed E-state index contributed by atoms with van der Waals surface area (Å²) in [6, 6.07) is 17.9. The molecule has 0 amide bonds. The minimum absolute atomic E-state index is 0.933. The highest BCUT2D eigenvalue weighted by Gasteiger charge is 1.99. The lowest BCUT2D eigenvalue weighted by molar-refractivity contribution is 1.21. The monoisotopic (exact) mass is 239 g/mol. The first kappa shape index (κ1) is 12.5. The maximum Gasteiger partial charge on any atom is 0.0346 e. The summed E-state index contributed by atoms with van der Waals surface area (Å²) in [6.07, 6.45) is 0. The molecule has 2 heteroatoms. The average Bonchev–Trinajstić information content (AvgIpc) is 2.41. The number of hydrogen-bond acceptors (Lipinski definition) is 2. The Morgan fingerprint density at radius 3 is 2.22 bits per heavy atom. The van der Waals surface area contributed by atoms with Gasteiger partial charge in [0.15, 0.2) is 0 Å². The van der Waals surface area contributed by atoms with Gasteiger partial charge in [0.25, 0.3) is 0 Å². The van der Waals surface area contributed by atoms with Crippen molar-refractivity contribution in [1.82, 2.24) is 0 Å². The van der Waals surface area contributed by atoms with Crippen LogP contribution in [0.15, 0.2) is 42.5 Å². The SMILES string of the molecule is CCNc1ccc(-c2[c]ccc(NCC)c2)cc1. The van der Waals surface area contributed by atoms with E-state index in [1.165, 1.54) is 5.56 Å². The summed E-state index contributed by atoms with van der Waals surface area (Å²) in [5.41, 5.74) is 4.61. The van der Waals surface area contributed by atoms with Crippen molar-refractivity contribution in [1.29, 1.82) is 0 Å². The van der Waals surface area contributed by atoms with Gasteiger partial charge in [-0.2, -0.15) is 0 Å². The van der Waals surface area contributed by atoms with E-state index < -0.39 is 0 Å². The van der Waals surface area contributed by atoms with Crippen LogP contribution in [0.2, 0.25) is 0 Å². The van der Waals surface area contributed by atoms with Gasteiger partial charge in [0.2, 0.25) is 0 Å². The van der Waals surface area contributed by atoms with Gasteiger partial charge in [-0.3, -0.25) is 0 Å². The summed E-state index contributed by atoms with van der Waals surface area (Å²) in [5, 5.41) is 6.61. The zero-order valence-corrected chi connectivity index (χ0v) is 11.0. The van der Waals surface area contributed by atoms with Crippen molar-refractivity contribution in [2.45, 2.75) is 13.8 Å². The fourth-order valence-corrected chi connectivity index (χ4v) is 1.92. The van der Waals surface area contributed by atoms with Crippen molar-refractivity contribution in [2.75, 3.05) is 23.7 Å². The number of benzene rings is 2. The van der Waals surface area contributed by atoms with Crippen LogP contribution in [-0.4, -0.2) is 13.1 Å². The zero-order chi connectivity index (χ0) is 12.8. The van der Waals surface area contributed by atoms with Crippen molar-refractivity contribution >= 4 is 11.4 Å². The molecular formula is C16H19N2. The van der Waals surface area contributed by atoms with Crippen molar-refractivity contribution < 1.29 is 0 Å². The lowest BCUT2D eigenvalue weighted by Crippen LogP contribution is -1.96. The molecule has 0 aromatic heterocycles. The summed E-state index contributed by atoms with van der Waals surface area (Å²) in [4.78, 5) is 0. The Kier molecular flexibility index (Phi) is 4.24. The minimum atomic E-state index is 0.933. The van der Waals surface area contributed by atoms with Crippen LogP contribution >= 0.6 is 0 Å². The van der Waals surface area contributed by atoms with Crippen molar-refractivity contribution in [3.8, 4) is 11.1 Å². The van der Waals surface area contributed by atoms with Crippen LogP contribution in [0, 0.1) is 6.07 Å². The second-order valence-corrected chi connectivity index (χ2v) is 4.13. The Morgan fingerprint density at radius 2 is 1.56 bits per heavy atom. The normalized spacial score (nSPS) is 10.1. The standard InChI is InChI=1S/C16H19N2/c1-3-17-15-10-8-13(9-11-15)14-6-5-7-16(12-14)18-4-2/h5,7-12,17-18H,3-4H2,1-2H3. The summed E-state index contributed by atoms with van der Waals surface area (Å²) in [6.45, 7) is 6.08. The minimum Gasteiger partial charge on any atom is -0.385 e. The lowest BCUT2D eigenvalue weighted by atomic mass is 10.0. The van der Waals surface area contributed by atoms with Crippen LogP contribution in [0.25, 0.3) is 11.1 Å². The van der Waals surface area contributed by atoms with E-state index in [9.17, 15) is 0 Å². The van der Waals surface area contributed by atoms with Gasteiger partial charge < -0.3 is 10.6 Å². The molecule has 2 nitrogen and oxygen atoms in total. The van der Waals surface area contributed by atoms with Gasteiger partial charge in [-0.25, -0.2) is 0 Å². The molecular weight excluding hydrogens is 220 g/mol. The maximum atomic E-state index is 3.32. The predicted octanol–water partition coefficient (Wildman–Crippen LogP) is 4.02. The first-order chi connectivity index (χ1) is 8.83. The van der Waals surface area contributed by atoms with Crippen molar-refractivity contribution in [2.24, 2.45) is 0 Å². The molecule has 0 aliphatic heterocycles. The van der Waals surface area contributed by atoms with E-state index in [4.69, 9.17) is 0 Å². The number of nitrogens with one attached hydrogen (secondary N) is 2. The third-order valence-electron chi connectivity index (χ3n) is 2.76. The third-order valence-corrected chi connectivity index (χ3v) is 2.76. The fraction of sp³-hybridized carbons (Fsp3) is 0.250. The van der Waals surface area contributed by atoms with Gasteiger partial charge >= 0.3 is 0 Å². The molecule has 0 atom stereocenters. The van der Waals surface area contributed by atoms with Crippen LogP contribution in [0.4, 0.5) is 11.4 Å². The van der Waals surface area contributed by atoms with Gasteiger partial charge in [-0.1, -0.05) is 18.2 Å². The third kappa shape index (κ3) is 3.04. The van der Waals surface area contributed by atoms with Gasteiger partial charge in [-0.15, -0.1) is 0 Å². The van der Waals surface area contributed by atoms with Crippen LogP contribution < -0.4 is 10.6 Å². The Morgan fingerprint density at radius 1 is 0.889 bits per heavy atom. The molecule has 2 aromatic carbocycles. The smallest absolute Gasteiger partial charge is 0.0346 e. The quantitative estimate of drug-likeness (QED) is 0.823. The molecule has 2 aromatic rings. The van der Waals surface area contributed by atoms with E-state index in [2.05, 4.69) is 60.9 Å². The molecule has 1 radical (unpaired) electrons. The van der Waals surface area contributed by atoms with Gasteiger partial charge in [0.1, 0.15) is 0 Å². The highest BCUT2D eigenvalue weighted by Crippen LogP contribution is 2.23. The van der Waals surface area contributed by atoms with Gasteiger partial charge in [0, 0.05) is 24.5 Å². The van der Waals surface area contributed by atoms with Crippen LogP contribution in [-0.2, 0) is 0 Å².